The average Bonchev–Trinajstić information content (AvgIpc) is 0.803. The van der Waals surface area contributed by atoms with Gasteiger partial charge in [0.1, 0.15) is 20.2 Å². The molecule has 0 spiro atoms. The number of benzene rings is 4. The van der Waals surface area contributed by atoms with Crippen LogP contribution in [0.15, 0.2) is 70.5 Å². The molecule has 9 heteroatoms. The summed E-state index contributed by atoms with van der Waals surface area (Å²) in [5, 5.41) is 4.20. The third kappa shape index (κ3) is 47.7. The van der Waals surface area contributed by atoms with Crippen LogP contribution in [0, 0.1) is 0 Å². The summed E-state index contributed by atoms with van der Waals surface area (Å²) in [5.41, 5.74) is 4.94. The van der Waals surface area contributed by atoms with Gasteiger partial charge in [0.2, 0.25) is 0 Å². The van der Waals surface area contributed by atoms with Crippen molar-refractivity contribution in [3.63, 3.8) is 0 Å². The van der Waals surface area contributed by atoms with Gasteiger partial charge >= 0.3 is 48.9 Å². The molecule has 0 unspecified atom stereocenters. The minimum absolute atomic E-state index is 0. The Morgan fingerprint density at radius 1 is 0.206 bits per heavy atom. The van der Waals surface area contributed by atoms with Crippen molar-refractivity contribution in [3.05, 3.63) is 82.9 Å². The Morgan fingerprint density at radius 3 is 0.505 bits per heavy atom. The molecule has 6 nitrogen and oxygen atoms in total. The summed E-state index contributed by atoms with van der Waals surface area (Å²) in [6.07, 6.45) is 85.2. The predicted octanol–water partition coefficient (Wildman–Crippen LogP) is 28.8. The molecular formula is C88H150BaO6S2. The van der Waals surface area contributed by atoms with Crippen LogP contribution in [-0.4, -0.2) is 74.8 Å². The Balaban J connectivity index is 0.000000653. The Labute approximate surface area is 642 Å². The van der Waals surface area contributed by atoms with Crippen LogP contribution in [0.5, 0.6) is 0 Å². The number of rotatable bonds is 66. The molecule has 4 aromatic rings. The molecule has 0 saturated carbocycles. The largest absolute Gasteiger partial charge is 2.00 e. The second kappa shape index (κ2) is 63.3. The van der Waals surface area contributed by atoms with E-state index < -0.39 is 20.2 Å². The number of hydrogen-bond acceptors (Lipinski definition) is 6. The second-order valence-corrected chi connectivity index (χ2v) is 32.6. The van der Waals surface area contributed by atoms with E-state index in [2.05, 4.69) is 52.0 Å². The van der Waals surface area contributed by atoms with Crippen LogP contribution in [0.2, 0.25) is 0 Å². The fourth-order valence-electron chi connectivity index (χ4n) is 14.8. The van der Waals surface area contributed by atoms with Crippen LogP contribution in [-0.2, 0) is 45.9 Å². The summed E-state index contributed by atoms with van der Waals surface area (Å²) in [7, 11) is -8.94. The van der Waals surface area contributed by atoms with Gasteiger partial charge in [-0.3, -0.25) is 0 Å². The number of unbranched alkanes of at least 4 members (excludes halogenated alkanes) is 56. The molecular weight excluding hydrogens is 1350 g/mol. The molecule has 97 heavy (non-hydrogen) atoms. The average molecular weight is 1510 g/mol. The first-order valence-corrected chi connectivity index (χ1v) is 44.8. The van der Waals surface area contributed by atoms with E-state index >= 15 is 0 Å². The van der Waals surface area contributed by atoms with E-state index in [9.17, 15) is 25.9 Å². The molecule has 4 rings (SSSR count). The maximum Gasteiger partial charge on any atom is 2.00 e. The van der Waals surface area contributed by atoms with E-state index in [1.165, 1.54) is 394 Å². The third-order valence-corrected chi connectivity index (χ3v) is 22.8. The number of fused-ring (bicyclic) bond motifs is 2. The summed E-state index contributed by atoms with van der Waals surface area (Å²) < 4.78 is 71.1. The molecule has 0 heterocycles. The zero-order valence-corrected chi connectivity index (χ0v) is 70.1. The molecule has 0 N–H and O–H groups in total. The smallest absolute Gasteiger partial charge is 0.744 e. The fraction of sp³-hybridized carbons (Fsp3) is 0.773. The van der Waals surface area contributed by atoms with E-state index in [1.54, 1.807) is 12.1 Å². The van der Waals surface area contributed by atoms with E-state index in [0.717, 1.165) is 72.9 Å². The molecule has 0 aliphatic carbocycles. The molecule has 0 aliphatic heterocycles. The fourth-order valence-corrected chi connectivity index (χ4v) is 15.8. The van der Waals surface area contributed by atoms with Gasteiger partial charge in [0, 0.05) is 0 Å². The molecule has 0 aromatic heterocycles. The molecule has 0 bridgehead atoms. The summed E-state index contributed by atoms with van der Waals surface area (Å²) in [6, 6.07) is 19.0. The first-order valence-electron chi connectivity index (χ1n) is 41.9. The van der Waals surface area contributed by atoms with Crippen molar-refractivity contribution in [2.75, 3.05) is 0 Å². The van der Waals surface area contributed by atoms with Gasteiger partial charge in [0.15, 0.2) is 0 Å². The molecule has 4 aromatic carbocycles. The molecule has 0 radical (unpaired) electrons. The van der Waals surface area contributed by atoms with Gasteiger partial charge in [-0.25, -0.2) is 16.8 Å². The third-order valence-electron chi connectivity index (χ3n) is 21.1. The molecule has 552 valence electrons. The molecule has 0 aliphatic rings. The van der Waals surface area contributed by atoms with E-state index in [1.807, 2.05) is 12.1 Å². The first kappa shape index (κ1) is 91.9. The molecule has 0 atom stereocenters. The molecule has 0 fully saturated rings. The van der Waals surface area contributed by atoms with Crippen molar-refractivity contribution in [2.45, 2.75) is 448 Å². The van der Waals surface area contributed by atoms with Crippen LogP contribution in [0.25, 0.3) is 21.5 Å². The van der Waals surface area contributed by atoms with E-state index in [0.29, 0.717) is 0 Å². The van der Waals surface area contributed by atoms with E-state index in [4.69, 9.17) is 0 Å². The Morgan fingerprint density at radius 2 is 0.351 bits per heavy atom. The van der Waals surface area contributed by atoms with Crippen LogP contribution in [0.1, 0.15) is 435 Å². The van der Waals surface area contributed by atoms with Crippen LogP contribution < -0.4 is 0 Å². The van der Waals surface area contributed by atoms with Crippen molar-refractivity contribution in [2.24, 2.45) is 0 Å². The van der Waals surface area contributed by atoms with Gasteiger partial charge in [0.05, 0.1) is 9.79 Å². The van der Waals surface area contributed by atoms with Gasteiger partial charge in [0.25, 0.3) is 0 Å². The van der Waals surface area contributed by atoms with E-state index in [-0.39, 0.29) is 58.7 Å². The van der Waals surface area contributed by atoms with Crippen LogP contribution in [0.4, 0.5) is 0 Å². The van der Waals surface area contributed by atoms with Crippen molar-refractivity contribution in [1.29, 1.82) is 0 Å². The summed E-state index contributed by atoms with van der Waals surface area (Å²) in [5.74, 6) is 0. The zero-order chi connectivity index (χ0) is 69.1. The zero-order valence-electron chi connectivity index (χ0n) is 64.0. The second-order valence-electron chi connectivity index (χ2n) is 29.9. The van der Waals surface area contributed by atoms with Crippen molar-refractivity contribution in [1.82, 2.24) is 0 Å². The Hall–Kier alpha value is -1.21. The van der Waals surface area contributed by atoms with Gasteiger partial charge < -0.3 is 9.11 Å². The first-order chi connectivity index (χ1) is 46.9. The van der Waals surface area contributed by atoms with Crippen LogP contribution >= 0.6 is 0 Å². The standard InChI is InChI=1S/2C44H76O3S.Ba/c2*1-3-5-7-9-11-13-15-17-19-21-23-25-27-29-31-33-40-35-36-41(44-39-42(48(45,46)47)37-38-43(40)44)34-32-30-28-26-24-22-20-18-16-14-12-10-8-6-4-2;/h2*35-39H,3-34H2,1-2H3,(H,45,46,47);/q;;+2/p-2. The summed E-state index contributed by atoms with van der Waals surface area (Å²) in [4.78, 5) is -0.200. The Bertz CT molecular complexity index is 2500. The predicted molar refractivity (Wildman–Crippen MR) is 424 cm³/mol. The minimum atomic E-state index is -4.47. The van der Waals surface area contributed by atoms with Gasteiger partial charge in [-0.15, -0.1) is 0 Å². The minimum Gasteiger partial charge on any atom is -0.744 e. The maximum absolute atomic E-state index is 11.9. The van der Waals surface area contributed by atoms with Crippen molar-refractivity contribution >= 4 is 90.7 Å². The monoisotopic (exact) mass is 1500 g/mol. The Kier molecular flexibility index (Phi) is 59.9. The normalized spacial score (nSPS) is 11.9. The van der Waals surface area contributed by atoms with Crippen molar-refractivity contribution in [3.8, 4) is 0 Å². The SMILES string of the molecule is CCCCCCCCCCCCCCCCCc1ccc(CCCCCCCCCCCCCCCCC)c2cc(S(=O)(=O)[O-])ccc12.CCCCCCCCCCCCCCCCCc1ccc(CCCCCCCCCCCCCCCCC)c2cc(S(=O)(=O)[O-])ccc12.[Ba+2]. The van der Waals surface area contributed by atoms with Crippen LogP contribution in [0.3, 0.4) is 0 Å². The van der Waals surface area contributed by atoms with Gasteiger partial charge in [-0.2, -0.15) is 0 Å². The molecule has 0 saturated heterocycles. The summed E-state index contributed by atoms with van der Waals surface area (Å²) >= 11 is 0. The van der Waals surface area contributed by atoms with Gasteiger partial charge in [-0.05, 0) is 119 Å². The maximum atomic E-state index is 11.9. The number of hydrogen-bond donors (Lipinski definition) is 0. The van der Waals surface area contributed by atoms with Gasteiger partial charge in [-0.1, -0.05) is 424 Å². The topological polar surface area (TPSA) is 114 Å². The molecule has 0 amide bonds. The summed E-state index contributed by atoms with van der Waals surface area (Å²) in [6.45, 7) is 9.13. The number of aryl methyl sites for hydroxylation is 4. The van der Waals surface area contributed by atoms with Crippen molar-refractivity contribution < 1.29 is 25.9 Å². The quantitative estimate of drug-likeness (QED) is 0.0247.